The first-order valence-corrected chi connectivity index (χ1v) is 13.0. The molecule has 1 aromatic heterocycles. The summed E-state index contributed by atoms with van der Waals surface area (Å²) in [5.41, 5.74) is 11.8. The van der Waals surface area contributed by atoms with E-state index in [0.29, 0.717) is 25.3 Å². The average molecular weight is 525 g/mol. The number of fused-ring (bicyclic) bond motifs is 1. The van der Waals surface area contributed by atoms with Crippen LogP contribution >= 0.6 is 0 Å². The van der Waals surface area contributed by atoms with Crippen LogP contribution in [-0.4, -0.2) is 44.5 Å². The number of aromatic nitrogens is 4. The van der Waals surface area contributed by atoms with Crippen molar-refractivity contribution in [3.63, 3.8) is 0 Å². The third-order valence-corrected chi connectivity index (χ3v) is 7.01. The molecule has 0 radical (unpaired) electrons. The van der Waals surface area contributed by atoms with Gasteiger partial charge in [-0.25, -0.2) is 0 Å². The van der Waals surface area contributed by atoms with Crippen molar-refractivity contribution in [1.29, 1.82) is 0 Å². The van der Waals surface area contributed by atoms with Gasteiger partial charge in [-0.3, -0.25) is 9.59 Å². The number of carbonyl (C=O) groups excluding carboxylic acids is 2. The van der Waals surface area contributed by atoms with Crippen molar-refractivity contribution in [2.24, 2.45) is 11.7 Å². The van der Waals surface area contributed by atoms with E-state index in [1.807, 2.05) is 86.6 Å². The molecule has 2 heterocycles. The minimum atomic E-state index is -0.665. The molecule has 1 unspecified atom stereocenters. The van der Waals surface area contributed by atoms with Gasteiger partial charge >= 0.3 is 0 Å². The Kier molecular flexibility index (Phi) is 7.64. The number of hydrogen-bond donors (Lipinski definition) is 4. The zero-order chi connectivity index (χ0) is 27.4. The summed E-state index contributed by atoms with van der Waals surface area (Å²) in [7, 11) is 0. The minimum Gasteiger partial charge on any atom is -0.343 e. The van der Waals surface area contributed by atoms with Crippen molar-refractivity contribution in [3.8, 4) is 11.1 Å². The van der Waals surface area contributed by atoms with Gasteiger partial charge in [-0.05, 0) is 52.8 Å². The van der Waals surface area contributed by atoms with Crippen molar-refractivity contribution < 1.29 is 9.59 Å². The number of amides is 2. The molecule has 3 aromatic carbocycles. The van der Waals surface area contributed by atoms with Gasteiger partial charge in [0.05, 0.1) is 12.6 Å². The maximum atomic E-state index is 13.8. The molecule has 1 aliphatic rings. The fourth-order valence-corrected chi connectivity index (χ4v) is 4.73. The summed E-state index contributed by atoms with van der Waals surface area (Å²) in [4.78, 5) is 28.3. The van der Waals surface area contributed by atoms with Crippen molar-refractivity contribution >= 4 is 29.1 Å². The van der Waals surface area contributed by atoms with E-state index >= 15 is 0 Å². The molecule has 5 rings (SSSR count). The normalized spacial score (nSPS) is 15.9. The van der Waals surface area contributed by atoms with Gasteiger partial charge in [-0.1, -0.05) is 79.6 Å². The van der Waals surface area contributed by atoms with Gasteiger partial charge in [-0.2, -0.15) is 5.21 Å². The van der Waals surface area contributed by atoms with E-state index in [2.05, 4.69) is 31.3 Å². The Hall–Kier alpha value is -4.57. The number of benzene rings is 3. The van der Waals surface area contributed by atoms with E-state index in [1.54, 1.807) is 4.90 Å². The van der Waals surface area contributed by atoms with E-state index in [1.165, 1.54) is 0 Å². The smallest absolute Gasteiger partial charge is 0.267 e. The largest absolute Gasteiger partial charge is 0.343 e. The maximum absolute atomic E-state index is 13.8. The van der Waals surface area contributed by atoms with Gasteiger partial charge in [0.15, 0.2) is 0 Å². The average Bonchev–Trinajstić information content (AvgIpc) is 3.43. The zero-order valence-corrected chi connectivity index (χ0v) is 22.0. The summed E-state index contributed by atoms with van der Waals surface area (Å²) in [5.74, 6) is -0.0756. The van der Waals surface area contributed by atoms with E-state index in [0.717, 1.165) is 33.6 Å². The Morgan fingerprint density at radius 1 is 1.08 bits per heavy atom. The molecule has 0 fully saturated rings. The Bertz CT molecular complexity index is 1440. The minimum absolute atomic E-state index is 0.0229. The second kappa shape index (κ2) is 11.4. The molecule has 10 nitrogen and oxygen atoms in total. The lowest BCUT2D eigenvalue weighted by Crippen LogP contribution is -2.53. The standard InChI is InChI=1S/C29H32N8O2/c1-18(2)26(30)27(38)31-24-16-15-21-7-3-6-10-25(21)37(28(24)39)17-19-11-13-20(14-12-19)22-8-4-5-9-23(22)32-29-33-35-36-34-29/h3-14,18,24,26H,15-17,30H2,1-2H3,(H,31,38)(H2,32,33,34,35,36)/t24-,26?/m1/s1. The van der Waals surface area contributed by atoms with Crippen LogP contribution in [0.4, 0.5) is 17.3 Å². The number of carbonyl (C=O) groups is 2. The molecule has 39 heavy (non-hydrogen) atoms. The van der Waals surface area contributed by atoms with Gasteiger partial charge in [0.2, 0.25) is 11.8 Å². The van der Waals surface area contributed by atoms with Crippen LogP contribution < -0.4 is 21.3 Å². The van der Waals surface area contributed by atoms with Crippen LogP contribution in [0.5, 0.6) is 0 Å². The van der Waals surface area contributed by atoms with Crippen molar-refractivity contribution in [1.82, 2.24) is 25.9 Å². The summed E-state index contributed by atoms with van der Waals surface area (Å²) in [5, 5.41) is 20.1. The second-order valence-corrected chi connectivity index (χ2v) is 10.0. The molecule has 1 aliphatic heterocycles. The Morgan fingerprint density at radius 2 is 1.82 bits per heavy atom. The molecule has 0 saturated carbocycles. The number of aromatic amines is 1. The van der Waals surface area contributed by atoms with Crippen LogP contribution in [0.25, 0.3) is 11.1 Å². The SMILES string of the molecule is CC(C)C(N)C(=O)N[C@@H]1CCc2ccccc2N(Cc2ccc(-c3ccccc3Nc3nn[nH]n3)cc2)C1=O. The first-order valence-electron chi connectivity index (χ1n) is 13.0. The quantitative estimate of drug-likeness (QED) is 0.276. The van der Waals surface area contributed by atoms with Crippen molar-refractivity contribution in [2.75, 3.05) is 10.2 Å². The van der Waals surface area contributed by atoms with Gasteiger partial charge < -0.3 is 21.3 Å². The second-order valence-electron chi connectivity index (χ2n) is 10.0. The van der Waals surface area contributed by atoms with Crippen LogP contribution in [0, 0.1) is 5.92 Å². The number of H-pyrrole nitrogens is 1. The van der Waals surface area contributed by atoms with E-state index < -0.39 is 12.1 Å². The summed E-state index contributed by atoms with van der Waals surface area (Å²) < 4.78 is 0. The predicted molar refractivity (Wildman–Crippen MR) is 150 cm³/mol. The van der Waals surface area contributed by atoms with Gasteiger partial charge in [0.25, 0.3) is 5.95 Å². The number of nitrogens with two attached hydrogens (primary N) is 1. The Labute approximate surface area is 227 Å². The topological polar surface area (TPSA) is 142 Å². The molecule has 0 saturated heterocycles. The first kappa shape index (κ1) is 26.1. The number of hydrogen-bond acceptors (Lipinski definition) is 7. The molecular formula is C29H32N8O2. The molecule has 4 aromatic rings. The zero-order valence-electron chi connectivity index (χ0n) is 22.0. The van der Waals surface area contributed by atoms with Crippen LogP contribution in [-0.2, 0) is 22.6 Å². The highest BCUT2D eigenvalue weighted by Gasteiger charge is 2.32. The molecular weight excluding hydrogens is 492 g/mol. The van der Waals surface area contributed by atoms with Crippen LogP contribution in [0.2, 0.25) is 0 Å². The van der Waals surface area contributed by atoms with Crippen LogP contribution in [0.15, 0.2) is 72.8 Å². The van der Waals surface area contributed by atoms with E-state index in [-0.39, 0.29) is 17.7 Å². The summed E-state index contributed by atoms with van der Waals surface area (Å²) in [6, 6.07) is 22.6. The van der Waals surface area contributed by atoms with E-state index in [9.17, 15) is 9.59 Å². The Balaban J connectivity index is 1.38. The maximum Gasteiger partial charge on any atom is 0.267 e. The molecule has 2 atom stereocenters. The highest BCUT2D eigenvalue weighted by atomic mass is 16.2. The highest BCUT2D eigenvalue weighted by Crippen LogP contribution is 2.31. The monoisotopic (exact) mass is 524 g/mol. The lowest BCUT2D eigenvalue weighted by atomic mass is 10.0. The number of aryl methyl sites for hydroxylation is 1. The molecule has 0 spiro atoms. The summed E-state index contributed by atoms with van der Waals surface area (Å²) in [6.45, 7) is 4.16. The number of rotatable bonds is 8. The van der Waals surface area contributed by atoms with Crippen LogP contribution in [0.3, 0.4) is 0 Å². The number of tetrazole rings is 1. The lowest BCUT2D eigenvalue weighted by Gasteiger charge is -2.27. The van der Waals surface area contributed by atoms with E-state index in [4.69, 9.17) is 5.73 Å². The molecule has 10 heteroatoms. The summed E-state index contributed by atoms with van der Waals surface area (Å²) in [6.07, 6.45) is 1.20. The molecule has 2 amide bonds. The van der Waals surface area contributed by atoms with Gasteiger partial charge in [0.1, 0.15) is 6.04 Å². The fourth-order valence-electron chi connectivity index (χ4n) is 4.73. The predicted octanol–water partition coefficient (Wildman–Crippen LogP) is 3.56. The third-order valence-electron chi connectivity index (χ3n) is 7.01. The first-order chi connectivity index (χ1) is 18.9. The highest BCUT2D eigenvalue weighted by molar-refractivity contribution is 6.01. The number of nitrogens with zero attached hydrogens (tertiary/aromatic N) is 4. The van der Waals surface area contributed by atoms with Crippen LogP contribution in [0.1, 0.15) is 31.4 Å². The Morgan fingerprint density at radius 3 is 2.56 bits per heavy atom. The molecule has 0 aliphatic carbocycles. The third kappa shape index (κ3) is 5.80. The summed E-state index contributed by atoms with van der Waals surface area (Å²) >= 11 is 0. The van der Waals surface area contributed by atoms with Crippen molar-refractivity contribution in [3.05, 3.63) is 83.9 Å². The number of para-hydroxylation sites is 2. The van der Waals surface area contributed by atoms with Crippen molar-refractivity contribution in [2.45, 2.75) is 45.3 Å². The molecule has 5 N–H and O–H groups in total. The fraction of sp³-hybridized carbons (Fsp3) is 0.276. The van der Waals surface area contributed by atoms with Gasteiger partial charge in [-0.15, -0.1) is 5.10 Å². The number of anilines is 3. The molecule has 200 valence electrons. The number of nitrogens with one attached hydrogen (secondary N) is 3. The lowest BCUT2D eigenvalue weighted by molar-refractivity contribution is -0.129. The molecule has 0 bridgehead atoms. The van der Waals surface area contributed by atoms with Gasteiger partial charge in [0, 0.05) is 16.9 Å².